The maximum Gasteiger partial charge on any atom is 0.151 e. The quantitative estimate of drug-likeness (QED) is 0.484. The third-order valence-corrected chi connectivity index (χ3v) is 3.28. The van der Waals surface area contributed by atoms with Gasteiger partial charge in [0.2, 0.25) is 0 Å². The van der Waals surface area contributed by atoms with Gasteiger partial charge in [-0.1, -0.05) is 35.3 Å². The Hall–Kier alpha value is -2.52. The van der Waals surface area contributed by atoms with Crippen LogP contribution in [0, 0.1) is 17.1 Å². The zero-order chi connectivity index (χ0) is 15.4. The molecule has 0 amide bonds. The van der Waals surface area contributed by atoms with E-state index in [0.29, 0.717) is 0 Å². The van der Waals surface area contributed by atoms with Gasteiger partial charge in [-0.2, -0.15) is 5.26 Å². The number of halogens is 3. The summed E-state index contributed by atoms with van der Waals surface area (Å²) in [6.07, 6.45) is 0. The highest BCUT2D eigenvalue weighted by Crippen LogP contribution is 2.37. The van der Waals surface area contributed by atoms with Crippen LogP contribution in [0.5, 0.6) is 0 Å². The normalized spacial score (nSPS) is 9.62. The van der Waals surface area contributed by atoms with Gasteiger partial charge in [-0.05, 0) is 22.8 Å². The predicted molar refractivity (Wildman–Crippen MR) is 77.5 cm³/mol. The van der Waals surface area contributed by atoms with Gasteiger partial charge in [-0.3, -0.25) is 0 Å². The molecule has 0 saturated carbocycles. The number of nitrogens with zero attached hydrogens (tertiary/aromatic N) is 5. The lowest BCUT2D eigenvalue weighted by atomic mass is 10.2. The molecular weight excluding hydrogens is 318 g/mol. The second-order valence-electron chi connectivity index (χ2n) is 3.69. The van der Waals surface area contributed by atoms with Gasteiger partial charge < -0.3 is 5.32 Å². The van der Waals surface area contributed by atoms with Crippen LogP contribution >= 0.6 is 23.2 Å². The maximum absolute atomic E-state index is 13.6. The summed E-state index contributed by atoms with van der Waals surface area (Å²) in [6.45, 7) is 0. The van der Waals surface area contributed by atoms with E-state index >= 15 is 0 Å². The Bertz CT molecular complexity index is 795. The highest BCUT2D eigenvalue weighted by Gasteiger charge is 2.17. The van der Waals surface area contributed by atoms with Crippen LogP contribution in [0.25, 0.3) is 10.4 Å². The molecule has 0 aliphatic rings. The van der Waals surface area contributed by atoms with E-state index in [0.717, 1.165) is 0 Å². The standard InChI is InChI=1S/C12H5Cl2FN6/c13-9-6(5-16)11(20-21-17)19-12(10(9)14)18-8-4-2-1-3-7(8)15/h1-4H,(H,18,19). The monoisotopic (exact) mass is 322 g/mol. The number of nitriles is 1. The van der Waals surface area contributed by atoms with Gasteiger partial charge in [0.25, 0.3) is 0 Å². The minimum Gasteiger partial charge on any atom is -0.337 e. The van der Waals surface area contributed by atoms with Crippen molar-refractivity contribution in [2.75, 3.05) is 5.32 Å². The lowest BCUT2D eigenvalue weighted by Crippen LogP contribution is -1.99. The first-order valence-electron chi connectivity index (χ1n) is 5.44. The number of anilines is 2. The van der Waals surface area contributed by atoms with Gasteiger partial charge in [-0.25, -0.2) is 9.37 Å². The number of aromatic nitrogens is 1. The van der Waals surface area contributed by atoms with Gasteiger partial charge in [0.1, 0.15) is 28.3 Å². The lowest BCUT2D eigenvalue weighted by molar-refractivity contribution is 0.632. The van der Waals surface area contributed by atoms with Gasteiger partial charge in [-0.15, -0.1) is 0 Å². The van der Waals surface area contributed by atoms with E-state index in [1.165, 1.54) is 18.2 Å². The molecule has 0 aliphatic heterocycles. The molecule has 2 rings (SSSR count). The Morgan fingerprint density at radius 2 is 2.05 bits per heavy atom. The largest absolute Gasteiger partial charge is 0.337 e. The van der Waals surface area contributed by atoms with Crippen molar-refractivity contribution in [1.82, 2.24) is 4.98 Å². The van der Waals surface area contributed by atoms with E-state index in [1.807, 2.05) is 0 Å². The van der Waals surface area contributed by atoms with E-state index in [1.54, 1.807) is 12.1 Å². The fraction of sp³-hybridized carbons (Fsp3) is 0. The van der Waals surface area contributed by atoms with Crippen LogP contribution < -0.4 is 5.32 Å². The van der Waals surface area contributed by atoms with Crippen molar-refractivity contribution in [3.05, 3.63) is 56.1 Å². The fourth-order valence-electron chi connectivity index (χ4n) is 1.51. The number of nitrogens with one attached hydrogen (secondary N) is 1. The summed E-state index contributed by atoms with van der Waals surface area (Å²) < 4.78 is 13.6. The molecule has 104 valence electrons. The fourth-order valence-corrected chi connectivity index (χ4v) is 1.91. The van der Waals surface area contributed by atoms with Crippen molar-refractivity contribution in [3.63, 3.8) is 0 Å². The summed E-state index contributed by atoms with van der Waals surface area (Å²) in [5.41, 5.74) is 8.43. The van der Waals surface area contributed by atoms with Crippen LogP contribution in [-0.2, 0) is 0 Å². The Labute approximate surface area is 128 Å². The molecule has 1 aromatic heterocycles. The van der Waals surface area contributed by atoms with Crippen LogP contribution in [0.15, 0.2) is 29.4 Å². The Morgan fingerprint density at radius 1 is 1.33 bits per heavy atom. The molecule has 2 aromatic rings. The van der Waals surface area contributed by atoms with Crippen LogP contribution in [0.3, 0.4) is 0 Å². The van der Waals surface area contributed by atoms with Crippen molar-refractivity contribution in [2.45, 2.75) is 0 Å². The molecule has 0 spiro atoms. The minimum atomic E-state index is -0.527. The molecule has 0 fully saturated rings. The van der Waals surface area contributed by atoms with Gasteiger partial charge in [0.05, 0.1) is 10.7 Å². The molecule has 1 aromatic carbocycles. The first kappa shape index (κ1) is 14.9. The predicted octanol–water partition coefficient (Wildman–Crippen LogP) is 5.08. The number of hydrogen-bond acceptors (Lipinski definition) is 4. The molecule has 0 saturated heterocycles. The third kappa shape index (κ3) is 2.98. The number of pyridine rings is 1. The molecule has 1 N–H and O–H groups in total. The van der Waals surface area contributed by atoms with Crippen molar-refractivity contribution in [1.29, 1.82) is 5.26 Å². The van der Waals surface area contributed by atoms with Crippen molar-refractivity contribution >= 4 is 40.5 Å². The third-order valence-electron chi connectivity index (χ3n) is 2.44. The summed E-state index contributed by atoms with van der Waals surface area (Å²) >= 11 is 11.9. The van der Waals surface area contributed by atoms with Crippen molar-refractivity contribution in [2.24, 2.45) is 5.11 Å². The SMILES string of the molecule is N#Cc1c(N=[N+]=[N-])nc(Nc2ccccc2F)c(Cl)c1Cl. The zero-order valence-electron chi connectivity index (χ0n) is 10.2. The lowest BCUT2D eigenvalue weighted by Gasteiger charge is -2.11. The van der Waals surface area contributed by atoms with E-state index < -0.39 is 5.82 Å². The Kier molecular flexibility index (Phi) is 4.45. The molecule has 0 atom stereocenters. The highest BCUT2D eigenvalue weighted by atomic mass is 35.5. The summed E-state index contributed by atoms with van der Waals surface area (Å²) in [5, 5.41) is 14.7. The first-order valence-corrected chi connectivity index (χ1v) is 6.19. The Morgan fingerprint density at radius 3 is 2.67 bits per heavy atom. The smallest absolute Gasteiger partial charge is 0.151 e. The summed E-state index contributed by atoms with van der Waals surface area (Å²) in [7, 11) is 0. The van der Waals surface area contributed by atoms with E-state index in [2.05, 4.69) is 20.3 Å². The molecule has 1 heterocycles. The highest BCUT2D eigenvalue weighted by molar-refractivity contribution is 6.44. The van der Waals surface area contributed by atoms with Crippen LogP contribution in [-0.4, -0.2) is 4.98 Å². The maximum atomic E-state index is 13.6. The van der Waals surface area contributed by atoms with Gasteiger partial charge in [0, 0.05) is 4.91 Å². The molecule has 0 unspecified atom stereocenters. The number of rotatable bonds is 3. The van der Waals surface area contributed by atoms with Crippen molar-refractivity contribution in [3.8, 4) is 6.07 Å². The average Bonchev–Trinajstić information content (AvgIpc) is 2.47. The van der Waals surface area contributed by atoms with Crippen molar-refractivity contribution < 1.29 is 4.39 Å². The zero-order valence-corrected chi connectivity index (χ0v) is 11.7. The molecule has 9 heteroatoms. The summed E-state index contributed by atoms with van der Waals surface area (Å²) in [4.78, 5) is 6.45. The van der Waals surface area contributed by atoms with Crippen LogP contribution in [0.2, 0.25) is 10.0 Å². The topological polar surface area (TPSA) is 97.5 Å². The summed E-state index contributed by atoms with van der Waals surface area (Å²) in [6, 6.07) is 7.59. The number of para-hydroxylation sites is 1. The molecule has 0 bridgehead atoms. The molecular formula is C12H5Cl2FN6. The Balaban J connectivity index is 2.58. The number of azide groups is 1. The molecule has 0 aliphatic carbocycles. The van der Waals surface area contributed by atoms with E-state index in [4.69, 9.17) is 34.0 Å². The van der Waals surface area contributed by atoms with E-state index in [9.17, 15) is 4.39 Å². The van der Waals surface area contributed by atoms with Crippen LogP contribution in [0.1, 0.15) is 5.56 Å². The second-order valence-corrected chi connectivity index (χ2v) is 4.45. The number of benzene rings is 1. The van der Waals surface area contributed by atoms with E-state index in [-0.39, 0.29) is 32.9 Å². The minimum absolute atomic E-state index is 0.0202. The summed E-state index contributed by atoms with van der Waals surface area (Å²) in [5.74, 6) is -0.789. The van der Waals surface area contributed by atoms with Gasteiger partial charge in [0.15, 0.2) is 5.82 Å². The molecule has 0 radical (unpaired) electrons. The van der Waals surface area contributed by atoms with Crippen LogP contribution in [0.4, 0.5) is 21.7 Å². The second kappa shape index (κ2) is 6.29. The average molecular weight is 323 g/mol. The van der Waals surface area contributed by atoms with Gasteiger partial charge >= 0.3 is 0 Å². The number of hydrogen-bond donors (Lipinski definition) is 1. The molecule has 21 heavy (non-hydrogen) atoms. The molecule has 6 nitrogen and oxygen atoms in total. The first-order chi connectivity index (χ1) is 10.1.